The van der Waals surface area contributed by atoms with Crippen molar-refractivity contribution >= 4 is 29.5 Å². The van der Waals surface area contributed by atoms with Crippen molar-refractivity contribution in [2.45, 2.75) is 99.8 Å². The summed E-state index contributed by atoms with van der Waals surface area (Å²) in [4.78, 5) is 31.6. The normalized spacial score (nSPS) is 23.1. The van der Waals surface area contributed by atoms with Gasteiger partial charge in [-0.15, -0.1) is 11.8 Å². The molecule has 0 bridgehead atoms. The van der Waals surface area contributed by atoms with Crippen LogP contribution in [0.5, 0.6) is 0 Å². The topological polar surface area (TPSA) is 82.5 Å². The molecule has 2 N–H and O–H groups in total. The van der Waals surface area contributed by atoms with E-state index in [1.54, 1.807) is 11.8 Å². The number of carboxylic acids is 1. The first kappa shape index (κ1) is 23.4. The second-order valence-electron chi connectivity index (χ2n) is 9.76. The molecule has 1 aliphatic heterocycles. The van der Waals surface area contributed by atoms with Crippen LogP contribution in [0.1, 0.15) is 93.8 Å². The summed E-state index contributed by atoms with van der Waals surface area (Å²) in [5, 5.41) is 13.8. The molecule has 1 amide bonds. The van der Waals surface area contributed by atoms with Gasteiger partial charge >= 0.3 is 5.97 Å². The molecule has 1 aromatic heterocycles. The largest absolute Gasteiger partial charge is 0.481 e. The van der Waals surface area contributed by atoms with Crippen LogP contribution in [0.15, 0.2) is 17.2 Å². The van der Waals surface area contributed by atoms with Gasteiger partial charge in [0.1, 0.15) is 10.8 Å². The van der Waals surface area contributed by atoms with Gasteiger partial charge < -0.3 is 15.3 Å². The van der Waals surface area contributed by atoms with Crippen LogP contribution in [0.4, 0.5) is 5.82 Å². The van der Waals surface area contributed by atoms with E-state index >= 15 is 0 Å². The SMILES string of the molecule is O=C(O)C[C@H]1CCCN(c2ccc(C(=O)NC3CCCCC3)c(SC3CCCCC3)n2)C1. The predicted molar refractivity (Wildman–Crippen MR) is 128 cm³/mol. The lowest BCUT2D eigenvalue weighted by atomic mass is 9.95. The minimum atomic E-state index is -0.729. The lowest BCUT2D eigenvalue weighted by Crippen LogP contribution is -2.38. The van der Waals surface area contributed by atoms with Crippen LogP contribution in [-0.2, 0) is 4.79 Å². The molecule has 1 saturated heterocycles. The van der Waals surface area contributed by atoms with Crippen molar-refractivity contribution in [3.05, 3.63) is 17.7 Å². The molecule has 2 heterocycles. The van der Waals surface area contributed by atoms with E-state index in [-0.39, 0.29) is 24.3 Å². The fraction of sp³-hybridized carbons (Fsp3) is 0.720. The number of amides is 1. The molecule has 6 nitrogen and oxygen atoms in total. The third-order valence-corrected chi connectivity index (χ3v) is 8.51. The van der Waals surface area contributed by atoms with E-state index < -0.39 is 5.97 Å². The van der Waals surface area contributed by atoms with Crippen molar-refractivity contribution in [1.29, 1.82) is 0 Å². The lowest BCUT2D eigenvalue weighted by Gasteiger charge is -2.33. The number of hydrogen-bond donors (Lipinski definition) is 2. The van der Waals surface area contributed by atoms with E-state index in [1.807, 2.05) is 12.1 Å². The fourth-order valence-electron chi connectivity index (χ4n) is 5.41. The molecular formula is C25H37N3O3S. The molecule has 0 radical (unpaired) electrons. The zero-order valence-corrected chi connectivity index (χ0v) is 19.9. The summed E-state index contributed by atoms with van der Waals surface area (Å²) in [6, 6.07) is 4.19. The van der Waals surface area contributed by atoms with E-state index in [9.17, 15) is 14.7 Å². The van der Waals surface area contributed by atoms with Crippen molar-refractivity contribution in [2.75, 3.05) is 18.0 Å². The number of pyridine rings is 1. The number of carboxylic acid groups (broad SMARTS) is 1. The molecule has 0 spiro atoms. The van der Waals surface area contributed by atoms with Gasteiger partial charge in [0, 0.05) is 30.8 Å². The van der Waals surface area contributed by atoms with Crippen molar-refractivity contribution in [1.82, 2.24) is 10.3 Å². The summed E-state index contributed by atoms with van der Waals surface area (Å²) < 4.78 is 0. The fourth-order valence-corrected chi connectivity index (χ4v) is 6.73. The Balaban J connectivity index is 1.52. The van der Waals surface area contributed by atoms with E-state index in [1.165, 1.54) is 51.4 Å². The van der Waals surface area contributed by atoms with Gasteiger partial charge in [-0.05, 0) is 56.6 Å². The van der Waals surface area contributed by atoms with E-state index in [0.29, 0.717) is 10.8 Å². The van der Waals surface area contributed by atoms with Gasteiger partial charge in [-0.25, -0.2) is 4.98 Å². The molecule has 0 aromatic carbocycles. The number of nitrogens with one attached hydrogen (secondary N) is 1. The van der Waals surface area contributed by atoms with Crippen molar-refractivity contribution in [3.8, 4) is 0 Å². The smallest absolute Gasteiger partial charge is 0.303 e. The zero-order valence-electron chi connectivity index (χ0n) is 19.1. The van der Waals surface area contributed by atoms with Gasteiger partial charge in [0.2, 0.25) is 0 Å². The number of aliphatic carboxylic acids is 1. The average molecular weight is 460 g/mol. The molecule has 2 aliphatic carbocycles. The Morgan fingerprint density at radius 1 is 1.00 bits per heavy atom. The predicted octanol–water partition coefficient (Wildman–Crippen LogP) is 5.26. The third-order valence-electron chi connectivity index (χ3n) is 7.17. The maximum absolute atomic E-state index is 13.2. The van der Waals surface area contributed by atoms with Crippen molar-refractivity contribution in [3.63, 3.8) is 0 Å². The summed E-state index contributed by atoms with van der Waals surface area (Å²) in [5.41, 5.74) is 0.703. The van der Waals surface area contributed by atoms with Crippen LogP contribution >= 0.6 is 11.8 Å². The number of anilines is 1. The average Bonchev–Trinajstić information content (AvgIpc) is 2.80. The molecular weight excluding hydrogens is 422 g/mol. The van der Waals surface area contributed by atoms with Crippen LogP contribution in [0.2, 0.25) is 0 Å². The molecule has 1 atom stereocenters. The Kier molecular flexibility index (Phi) is 8.33. The Morgan fingerprint density at radius 2 is 1.72 bits per heavy atom. The highest BCUT2D eigenvalue weighted by Crippen LogP contribution is 2.36. The Bertz CT molecular complexity index is 791. The molecule has 0 unspecified atom stereocenters. The first-order chi connectivity index (χ1) is 15.6. The molecule has 4 rings (SSSR count). The monoisotopic (exact) mass is 459 g/mol. The summed E-state index contributed by atoms with van der Waals surface area (Å²) in [6.45, 7) is 1.62. The van der Waals surface area contributed by atoms with E-state index in [2.05, 4.69) is 10.2 Å². The Hall–Kier alpha value is -1.76. The van der Waals surface area contributed by atoms with Crippen LogP contribution in [0, 0.1) is 5.92 Å². The first-order valence-corrected chi connectivity index (χ1v) is 13.4. The molecule has 1 aromatic rings. The highest BCUT2D eigenvalue weighted by atomic mass is 32.2. The van der Waals surface area contributed by atoms with E-state index in [4.69, 9.17) is 4.98 Å². The number of nitrogens with zero attached hydrogens (tertiary/aromatic N) is 2. The maximum Gasteiger partial charge on any atom is 0.303 e. The number of aromatic nitrogens is 1. The molecule has 32 heavy (non-hydrogen) atoms. The minimum Gasteiger partial charge on any atom is -0.481 e. The first-order valence-electron chi connectivity index (χ1n) is 12.5. The van der Waals surface area contributed by atoms with Crippen LogP contribution in [0.25, 0.3) is 0 Å². The van der Waals surface area contributed by atoms with Gasteiger partial charge in [-0.3, -0.25) is 9.59 Å². The van der Waals surface area contributed by atoms with Crippen LogP contribution in [-0.4, -0.2) is 46.3 Å². The molecule has 3 aliphatic rings. The molecule has 7 heteroatoms. The Labute approximate surface area is 195 Å². The quantitative estimate of drug-likeness (QED) is 0.579. The number of piperidine rings is 1. The number of carbonyl (C=O) groups excluding carboxylic acids is 1. The van der Waals surface area contributed by atoms with Gasteiger partial charge in [-0.2, -0.15) is 0 Å². The lowest BCUT2D eigenvalue weighted by molar-refractivity contribution is -0.138. The van der Waals surface area contributed by atoms with Gasteiger partial charge in [0.15, 0.2) is 0 Å². The molecule has 3 fully saturated rings. The minimum absolute atomic E-state index is 0.0108. The van der Waals surface area contributed by atoms with Gasteiger partial charge in [0.05, 0.1) is 5.56 Å². The standard InChI is InChI=1S/C25H37N3O3S/c29-23(30)16-18-8-7-15-28(17-18)22-14-13-21(24(31)26-19-9-3-1-4-10-19)25(27-22)32-20-11-5-2-6-12-20/h13-14,18-20H,1-12,15-17H2,(H,26,31)(H,29,30)/t18-/m1/s1. The van der Waals surface area contributed by atoms with Crippen LogP contribution < -0.4 is 10.2 Å². The summed E-state index contributed by atoms with van der Waals surface area (Å²) in [6.07, 6.45) is 14.1. The van der Waals surface area contributed by atoms with Crippen molar-refractivity contribution in [2.24, 2.45) is 5.92 Å². The van der Waals surface area contributed by atoms with Gasteiger partial charge in [-0.1, -0.05) is 38.5 Å². The van der Waals surface area contributed by atoms with Crippen molar-refractivity contribution < 1.29 is 14.7 Å². The number of carbonyl (C=O) groups is 2. The third kappa shape index (κ3) is 6.40. The summed E-state index contributed by atoms with van der Waals surface area (Å²) >= 11 is 1.78. The summed E-state index contributed by atoms with van der Waals surface area (Å²) in [7, 11) is 0. The van der Waals surface area contributed by atoms with E-state index in [0.717, 1.165) is 49.6 Å². The summed E-state index contributed by atoms with van der Waals surface area (Å²) in [5.74, 6) is 0.323. The molecule has 2 saturated carbocycles. The zero-order chi connectivity index (χ0) is 22.3. The highest BCUT2D eigenvalue weighted by molar-refractivity contribution is 7.99. The molecule has 176 valence electrons. The number of thioether (sulfide) groups is 1. The second-order valence-corrected chi connectivity index (χ2v) is 11.0. The van der Waals surface area contributed by atoms with Crippen LogP contribution in [0.3, 0.4) is 0 Å². The van der Waals surface area contributed by atoms with Gasteiger partial charge in [0.25, 0.3) is 5.91 Å². The number of rotatable bonds is 7. The highest BCUT2D eigenvalue weighted by Gasteiger charge is 2.26. The second kappa shape index (κ2) is 11.4. The maximum atomic E-state index is 13.2. The Morgan fingerprint density at radius 3 is 2.44 bits per heavy atom. The number of hydrogen-bond acceptors (Lipinski definition) is 5.